The molecule has 0 aliphatic carbocycles. The molecule has 1 atom stereocenters. The number of unbranched alkanes of at least 4 members (excludes halogenated alkanes) is 1. The quantitative estimate of drug-likeness (QED) is 0.676. The van der Waals surface area contributed by atoms with Crippen molar-refractivity contribution in [1.82, 2.24) is 15.1 Å². The summed E-state index contributed by atoms with van der Waals surface area (Å²) in [5, 5.41) is 8.27. The summed E-state index contributed by atoms with van der Waals surface area (Å²) >= 11 is 3.71. The molecule has 0 fully saturated rings. The molecule has 4 heteroatoms. The van der Waals surface area contributed by atoms with Crippen LogP contribution in [0.5, 0.6) is 0 Å². The first kappa shape index (κ1) is 17.7. The SMILES string of the molecule is CCCCC(CC)CNCc1c(Br)c(CC)nn1CC. The Hall–Kier alpha value is -0.350. The van der Waals surface area contributed by atoms with E-state index < -0.39 is 0 Å². The first-order valence-electron chi connectivity index (χ1n) is 8.12. The highest BCUT2D eigenvalue weighted by Crippen LogP contribution is 2.22. The fourth-order valence-electron chi connectivity index (χ4n) is 2.52. The molecule has 1 heterocycles. The van der Waals surface area contributed by atoms with Crippen molar-refractivity contribution in [2.24, 2.45) is 5.92 Å². The lowest BCUT2D eigenvalue weighted by Gasteiger charge is -2.15. The van der Waals surface area contributed by atoms with Crippen molar-refractivity contribution >= 4 is 15.9 Å². The lowest BCUT2D eigenvalue weighted by molar-refractivity contribution is 0.414. The summed E-state index contributed by atoms with van der Waals surface area (Å²) in [4.78, 5) is 0. The molecular weight excluding hydrogens is 314 g/mol. The van der Waals surface area contributed by atoms with Crippen molar-refractivity contribution in [3.8, 4) is 0 Å². The third-order valence-corrected chi connectivity index (χ3v) is 4.88. The van der Waals surface area contributed by atoms with E-state index in [4.69, 9.17) is 0 Å². The van der Waals surface area contributed by atoms with Crippen LogP contribution in [0.2, 0.25) is 0 Å². The van der Waals surface area contributed by atoms with Crippen molar-refractivity contribution in [1.29, 1.82) is 0 Å². The van der Waals surface area contributed by atoms with E-state index in [-0.39, 0.29) is 0 Å². The minimum atomic E-state index is 0.803. The molecule has 0 spiro atoms. The first-order valence-corrected chi connectivity index (χ1v) is 8.91. The van der Waals surface area contributed by atoms with Gasteiger partial charge in [-0.3, -0.25) is 4.68 Å². The van der Waals surface area contributed by atoms with E-state index in [9.17, 15) is 0 Å². The van der Waals surface area contributed by atoms with Crippen molar-refractivity contribution in [2.75, 3.05) is 6.54 Å². The van der Waals surface area contributed by atoms with Crippen LogP contribution >= 0.6 is 15.9 Å². The predicted molar refractivity (Wildman–Crippen MR) is 90.0 cm³/mol. The molecule has 0 saturated heterocycles. The van der Waals surface area contributed by atoms with Gasteiger partial charge in [-0.05, 0) is 48.2 Å². The fourth-order valence-corrected chi connectivity index (χ4v) is 3.23. The van der Waals surface area contributed by atoms with E-state index in [0.29, 0.717) is 0 Å². The van der Waals surface area contributed by atoms with Crippen LogP contribution in [0.3, 0.4) is 0 Å². The molecule has 0 saturated carbocycles. The lowest BCUT2D eigenvalue weighted by atomic mass is 9.99. The number of hydrogen-bond donors (Lipinski definition) is 1. The Kier molecular flexibility index (Phi) is 8.46. The zero-order valence-corrected chi connectivity index (χ0v) is 15.1. The Morgan fingerprint density at radius 3 is 2.55 bits per heavy atom. The van der Waals surface area contributed by atoms with Gasteiger partial charge in [0, 0.05) is 13.1 Å². The topological polar surface area (TPSA) is 29.9 Å². The Morgan fingerprint density at radius 2 is 2.00 bits per heavy atom. The van der Waals surface area contributed by atoms with Crippen molar-refractivity contribution < 1.29 is 0 Å². The maximum absolute atomic E-state index is 4.64. The zero-order valence-electron chi connectivity index (χ0n) is 13.5. The number of aryl methyl sites for hydroxylation is 2. The second-order valence-electron chi connectivity index (χ2n) is 5.42. The number of halogens is 1. The van der Waals surface area contributed by atoms with E-state index in [1.54, 1.807) is 0 Å². The van der Waals surface area contributed by atoms with Crippen molar-refractivity contribution in [3.05, 3.63) is 15.9 Å². The highest BCUT2D eigenvalue weighted by Gasteiger charge is 2.14. The van der Waals surface area contributed by atoms with Gasteiger partial charge in [0.05, 0.1) is 15.9 Å². The highest BCUT2D eigenvalue weighted by atomic mass is 79.9. The molecule has 0 aliphatic heterocycles. The summed E-state index contributed by atoms with van der Waals surface area (Å²) in [6.45, 7) is 11.8. The minimum absolute atomic E-state index is 0.803. The molecule has 1 aromatic rings. The highest BCUT2D eigenvalue weighted by molar-refractivity contribution is 9.10. The van der Waals surface area contributed by atoms with E-state index in [1.165, 1.54) is 41.5 Å². The van der Waals surface area contributed by atoms with E-state index in [0.717, 1.165) is 32.0 Å². The summed E-state index contributed by atoms with van der Waals surface area (Å²) in [5.41, 5.74) is 2.45. The third kappa shape index (κ3) is 4.88. The Balaban J connectivity index is 2.54. The van der Waals surface area contributed by atoms with Gasteiger partial charge >= 0.3 is 0 Å². The maximum atomic E-state index is 4.64. The summed E-state index contributed by atoms with van der Waals surface area (Å²) in [5.74, 6) is 0.803. The third-order valence-electron chi connectivity index (χ3n) is 3.96. The first-order chi connectivity index (χ1) is 9.67. The normalized spacial score (nSPS) is 12.8. The van der Waals surface area contributed by atoms with Gasteiger partial charge in [-0.25, -0.2) is 0 Å². The predicted octanol–water partition coefficient (Wildman–Crippen LogP) is 4.53. The summed E-state index contributed by atoms with van der Waals surface area (Å²) < 4.78 is 3.30. The molecule has 3 nitrogen and oxygen atoms in total. The van der Waals surface area contributed by atoms with Gasteiger partial charge in [-0.15, -0.1) is 0 Å². The second-order valence-corrected chi connectivity index (χ2v) is 6.22. The van der Waals surface area contributed by atoms with Gasteiger partial charge in [-0.1, -0.05) is 40.0 Å². The van der Waals surface area contributed by atoms with E-state index in [1.807, 2.05) is 0 Å². The molecule has 1 N–H and O–H groups in total. The van der Waals surface area contributed by atoms with Crippen LogP contribution in [-0.2, 0) is 19.5 Å². The number of hydrogen-bond acceptors (Lipinski definition) is 2. The van der Waals surface area contributed by atoms with Crippen LogP contribution in [0.4, 0.5) is 0 Å². The van der Waals surface area contributed by atoms with Crippen LogP contribution in [0.1, 0.15) is 64.8 Å². The molecule has 0 amide bonds. The molecule has 116 valence electrons. The average Bonchev–Trinajstić information content (AvgIpc) is 2.78. The Labute approximate surface area is 132 Å². The van der Waals surface area contributed by atoms with Gasteiger partial charge < -0.3 is 5.32 Å². The summed E-state index contributed by atoms with van der Waals surface area (Å²) in [6.07, 6.45) is 6.23. The molecule has 20 heavy (non-hydrogen) atoms. The Morgan fingerprint density at radius 1 is 1.25 bits per heavy atom. The summed E-state index contributed by atoms with van der Waals surface area (Å²) in [7, 11) is 0. The minimum Gasteiger partial charge on any atom is -0.311 e. The van der Waals surface area contributed by atoms with Crippen LogP contribution in [-0.4, -0.2) is 16.3 Å². The van der Waals surface area contributed by atoms with E-state index >= 15 is 0 Å². The van der Waals surface area contributed by atoms with Gasteiger partial charge in [0.25, 0.3) is 0 Å². The number of rotatable bonds is 10. The standard InChI is InChI=1S/C16H30BrN3/c1-5-9-10-13(6-2)11-18-12-15-16(17)14(7-3)19-20(15)8-4/h13,18H,5-12H2,1-4H3. The molecule has 1 rings (SSSR count). The van der Waals surface area contributed by atoms with Crippen LogP contribution < -0.4 is 5.32 Å². The molecule has 0 radical (unpaired) electrons. The Bertz CT molecular complexity index is 387. The fraction of sp³-hybridized carbons (Fsp3) is 0.812. The smallest absolute Gasteiger partial charge is 0.0767 e. The zero-order chi connectivity index (χ0) is 15.0. The molecule has 0 aromatic carbocycles. The van der Waals surface area contributed by atoms with Crippen LogP contribution in [0, 0.1) is 5.92 Å². The monoisotopic (exact) mass is 343 g/mol. The number of nitrogens with zero attached hydrogens (tertiary/aromatic N) is 2. The molecular formula is C16H30BrN3. The van der Waals surface area contributed by atoms with Crippen molar-refractivity contribution in [2.45, 2.75) is 72.9 Å². The number of nitrogens with one attached hydrogen (secondary N) is 1. The summed E-state index contributed by atoms with van der Waals surface area (Å²) in [6, 6.07) is 0. The van der Waals surface area contributed by atoms with Crippen LogP contribution in [0.25, 0.3) is 0 Å². The molecule has 0 aliphatic rings. The van der Waals surface area contributed by atoms with Crippen molar-refractivity contribution in [3.63, 3.8) is 0 Å². The molecule has 1 aromatic heterocycles. The second kappa shape index (κ2) is 9.56. The molecule has 0 bridgehead atoms. The van der Waals surface area contributed by atoms with E-state index in [2.05, 4.69) is 58.7 Å². The van der Waals surface area contributed by atoms with Gasteiger partial charge in [0.1, 0.15) is 0 Å². The maximum Gasteiger partial charge on any atom is 0.0767 e. The lowest BCUT2D eigenvalue weighted by Crippen LogP contribution is -2.23. The van der Waals surface area contributed by atoms with Gasteiger partial charge in [0.15, 0.2) is 0 Å². The average molecular weight is 344 g/mol. The van der Waals surface area contributed by atoms with Gasteiger partial charge in [0.2, 0.25) is 0 Å². The van der Waals surface area contributed by atoms with Gasteiger partial charge in [-0.2, -0.15) is 5.10 Å². The van der Waals surface area contributed by atoms with Crippen LogP contribution in [0.15, 0.2) is 4.47 Å². The largest absolute Gasteiger partial charge is 0.311 e. The number of aromatic nitrogens is 2. The molecule has 1 unspecified atom stereocenters.